The van der Waals surface area contributed by atoms with Crippen LogP contribution in [0.2, 0.25) is 0 Å². The molecule has 9 heavy (non-hydrogen) atoms. The summed E-state index contributed by atoms with van der Waals surface area (Å²) >= 11 is 2.17. The third kappa shape index (κ3) is 5.55. The molecule has 0 heterocycles. The minimum atomic E-state index is 1.07. The Morgan fingerprint density at radius 2 is 2.33 bits per heavy atom. The summed E-state index contributed by atoms with van der Waals surface area (Å²) in [6.07, 6.45) is 6.90. The van der Waals surface area contributed by atoms with Gasteiger partial charge in [-0.15, -0.1) is 0 Å². The zero-order valence-electron chi connectivity index (χ0n) is 5.21. The first-order valence-electron chi connectivity index (χ1n) is 2.47. The highest BCUT2D eigenvalue weighted by atomic mass is 127. The third-order valence-corrected chi connectivity index (χ3v) is 1.26. The average molecular weight is 236 g/mol. The van der Waals surface area contributed by atoms with Crippen LogP contribution in [0.5, 0.6) is 0 Å². The first kappa shape index (κ1) is 8.68. The quantitative estimate of drug-likeness (QED) is 0.440. The molecular formula is C6H9IN2. The van der Waals surface area contributed by atoms with E-state index in [-0.39, 0.29) is 0 Å². The van der Waals surface area contributed by atoms with Crippen LogP contribution in [0.1, 0.15) is 0 Å². The van der Waals surface area contributed by atoms with Gasteiger partial charge in [-0.05, 0) is 40.9 Å². The first-order valence-corrected chi connectivity index (χ1v) is 3.55. The lowest BCUT2D eigenvalue weighted by molar-refractivity contribution is 1.47. The van der Waals surface area contributed by atoms with E-state index in [1.165, 1.54) is 6.20 Å². The summed E-state index contributed by atoms with van der Waals surface area (Å²) < 4.78 is 1.07. The molecule has 0 radical (unpaired) electrons. The van der Waals surface area contributed by atoms with Gasteiger partial charge in [0.05, 0.1) is 0 Å². The number of nitrogens with two attached hydrogens (primary N) is 1. The topological polar surface area (TPSA) is 38.4 Å². The summed E-state index contributed by atoms with van der Waals surface area (Å²) in [4.78, 5) is 3.81. The van der Waals surface area contributed by atoms with Crippen LogP contribution in [-0.4, -0.2) is 13.3 Å². The molecule has 0 aromatic rings. The highest BCUT2D eigenvalue weighted by Crippen LogP contribution is 2.00. The van der Waals surface area contributed by atoms with Crippen LogP contribution < -0.4 is 5.73 Å². The lowest BCUT2D eigenvalue weighted by atomic mass is 10.5. The molecule has 0 saturated carbocycles. The number of hydrogen-bond donors (Lipinski definition) is 1. The van der Waals surface area contributed by atoms with Gasteiger partial charge in [0, 0.05) is 16.8 Å². The van der Waals surface area contributed by atoms with Gasteiger partial charge >= 0.3 is 0 Å². The molecule has 0 aromatic heterocycles. The van der Waals surface area contributed by atoms with Gasteiger partial charge in [0.2, 0.25) is 0 Å². The Bertz CT molecular complexity index is 147. The maximum Gasteiger partial charge on any atom is 0.0342 e. The molecule has 0 aliphatic rings. The minimum Gasteiger partial charge on any atom is -0.405 e. The maximum atomic E-state index is 5.10. The van der Waals surface area contributed by atoms with E-state index < -0.39 is 0 Å². The second-order valence-corrected chi connectivity index (χ2v) is 2.57. The molecule has 0 amide bonds. The van der Waals surface area contributed by atoms with E-state index in [9.17, 15) is 0 Å². The molecule has 0 fully saturated rings. The van der Waals surface area contributed by atoms with Crippen LogP contribution in [-0.2, 0) is 0 Å². The highest BCUT2D eigenvalue weighted by molar-refractivity contribution is 14.1. The molecule has 0 aliphatic heterocycles. The Hall–Kier alpha value is -0.320. The largest absolute Gasteiger partial charge is 0.405 e. The lowest BCUT2D eigenvalue weighted by Gasteiger charge is -1.80. The highest BCUT2D eigenvalue weighted by Gasteiger charge is 1.76. The van der Waals surface area contributed by atoms with E-state index in [2.05, 4.69) is 27.6 Å². The second kappa shape index (κ2) is 5.81. The summed E-state index contributed by atoms with van der Waals surface area (Å²) in [5, 5.41) is 0. The molecule has 0 bridgehead atoms. The van der Waals surface area contributed by atoms with Crippen molar-refractivity contribution >= 4 is 28.8 Å². The number of rotatable bonds is 2. The van der Waals surface area contributed by atoms with E-state index in [0.29, 0.717) is 0 Å². The molecule has 50 valence electrons. The van der Waals surface area contributed by atoms with Gasteiger partial charge in [-0.25, -0.2) is 0 Å². The fourth-order valence-electron chi connectivity index (χ4n) is 0.314. The van der Waals surface area contributed by atoms with Crippen molar-refractivity contribution in [3.8, 4) is 0 Å². The predicted octanol–water partition coefficient (Wildman–Crippen LogP) is 1.48. The van der Waals surface area contributed by atoms with E-state index in [1.54, 1.807) is 19.3 Å². The normalized spacial score (nSPS) is 13.8. The Kier molecular flexibility index (Phi) is 5.60. The standard InChI is InChI=1S/C6H9IN2/c1-9-5-6(7)3-2-4-8/h2-5H,8H2,1H3/b4-2+,6-3+,9-5?. The van der Waals surface area contributed by atoms with Gasteiger partial charge in [-0.2, -0.15) is 0 Å². The SMILES string of the molecule is CN=C/C(I)=C\C=C\N. The second-order valence-electron chi connectivity index (χ2n) is 1.32. The van der Waals surface area contributed by atoms with Crippen LogP contribution in [0, 0.1) is 0 Å². The molecule has 2 nitrogen and oxygen atoms in total. The van der Waals surface area contributed by atoms with E-state index in [0.717, 1.165) is 3.58 Å². The zero-order valence-corrected chi connectivity index (χ0v) is 7.37. The van der Waals surface area contributed by atoms with Gasteiger partial charge in [0.1, 0.15) is 0 Å². The summed E-state index contributed by atoms with van der Waals surface area (Å²) in [6, 6.07) is 0. The molecule has 0 atom stereocenters. The molecular weight excluding hydrogens is 227 g/mol. The minimum absolute atomic E-state index is 1.07. The predicted molar refractivity (Wildman–Crippen MR) is 49.8 cm³/mol. The average Bonchev–Trinajstić information content (AvgIpc) is 1.85. The summed E-state index contributed by atoms with van der Waals surface area (Å²) in [6.45, 7) is 0. The van der Waals surface area contributed by atoms with Crippen molar-refractivity contribution in [2.75, 3.05) is 7.05 Å². The molecule has 2 N–H and O–H groups in total. The molecule has 3 heteroatoms. The molecule has 0 rings (SSSR count). The Morgan fingerprint density at radius 3 is 2.78 bits per heavy atom. The van der Waals surface area contributed by atoms with E-state index in [4.69, 9.17) is 5.73 Å². The van der Waals surface area contributed by atoms with Crippen LogP contribution in [0.3, 0.4) is 0 Å². The van der Waals surface area contributed by atoms with Crippen LogP contribution >= 0.6 is 22.6 Å². The van der Waals surface area contributed by atoms with Crippen molar-refractivity contribution in [2.24, 2.45) is 10.7 Å². The smallest absolute Gasteiger partial charge is 0.0342 e. The maximum absolute atomic E-state index is 5.10. The molecule has 0 unspecified atom stereocenters. The van der Waals surface area contributed by atoms with Crippen molar-refractivity contribution < 1.29 is 0 Å². The van der Waals surface area contributed by atoms with Crippen molar-refractivity contribution in [3.05, 3.63) is 21.9 Å². The number of nitrogens with zero attached hydrogens (tertiary/aromatic N) is 1. The zero-order chi connectivity index (χ0) is 7.11. The fraction of sp³-hybridized carbons (Fsp3) is 0.167. The van der Waals surface area contributed by atoms with Gasteiger partial charge in [-0.1, -0.05) is 0 Å². The summed E-state index contributed by atoms with van der Waals surface area (Å²) in [7, 11) is 1.73. The van der Waals surface area contributed by atoms with Crippen LogP contribution in [0.25, 0.3) is 0 Å². The number of halogens is 1. The van der Waals surface area contributed by atoms with Crippen LogP contribution in [0.4, 0.5) is 0 Å². The summed E-state index contributed by atoms with van der Waals surface area (Å²) in [5.74, 6) is 0. The Morgan fingerprint density at radius 1 is 1.67 bits per heavy atom. The van der Waals surface area contributed by atoms with Crippen molar-refractivity contribution in [1.82, 2.24) is 0 Å². The first-order chi connectivity index (χ1) is 4.31. The van der Waals surface area contributed by atoms with Crippen molar-refractivity contribution in [3.63, 3.8) is 0 Å². The van der Waals surface area contributed by atoms with Gasteiger partial charge in [0.25, 0.3) is 0 Å². The summed E-state index contributed by atoms with van der Waals surface area (Å²) in [5.41, 5.74) is 5.10. The monoisotopic (exact) mass is 236 g/mol. The fourth-order valence-corrected chi connectivity index (χ4v) is 0.800. The molecule has 0 aliphatic carbocycles. The van der Waals surface area contributed by atoms with E-state index >= 15 is 0 Å². The molecule has 0 aromatic carbocycles. The Labute approximate surface area is 68.7 Å². The number of aliphatic imine (C=N–C) groups is 1. The van der Waals surface area contributed by atoms with Gasteiger partial charge in [-0.3, -0.25) is 4.99 Å². The number of allylic oxidation sites excluding steroid dienone is 3. The van der Waals surface area contributed by atoms with Crippen LogP contribution in [0.15, 0.2) is 26.9 Å². The van der Waals surface area contributed by atoms with E-state index in [1.807, 2.05) is 6.08 Å². The Balaban J connectivity index is 3.84. The van der Waals surface area contributed by atoms with Gasteiger partial charge < -0.3 is 5.73 Å². The lowest BCUT2D eigenvalue weighted by Crippen LogP contribution is -1.74. The molecule has 0 spiro atoms. The van der Waals surface area contributed by atoms with Gasteiger partial charge in [0.15, 0.2) is 0 Å². The number of hydrogen-bond acceptors (Lipinski definition) is 2. The van der Waals surface area contributed by atoms with Crippen molar-refractivity contribution in [2.45, 2.75) is 0 Å². The third-order valence-electron chi connectivity index (χ3n) is 0.619. The molecule has 0 saturated heterocycles. The van der Waals surface area contributed by atoms with Crippen molar-refractivity contribution in [1.29, 1.82) is 0 Å².